The zero-order valence-corrected chi connectivity index (χ0v) is 11.2. The topological polar surface area (TPSA) is 107 Å². The number of rotatable bonds is 5. The van der Waals surface area contributed by atoms with E-state index in [1.165, 1.54) is 35.0 Å². The molecule has 1 aromatic heterocycles. The van der Waals surface area contributed by atoms with Gasteiger partial charge < -0.3 is 4.74 Å². The first-order valence-corrected chi connectivity index (χ1v) is 6.38. The van der Waals surface area contributed by atoms with Crippen molar-refractivity contribution in [3.05, 3.63) is 39.4 Å². The van der Waals surface area contributed by atoms with Gasteiger partial charge >= 0.3 is 0 Å². The molecule has 0 aliphatic rings. The first-order valence-electron chi connectivity index (χ1n) is 5.50. The van der Waals surface area contributed by atoms with Gasteiger partial charge in [-0.05, 0) is 19.1 Å². The van der Waals surface area contributed by atoms with Gasteiger partial charge in [-0.25, -0.2) is 0 Å². The number of benzene rings is 1. The monoisotopic (exact) mass is 294 g/mol. The molecule has 20 heavy (non-hydrogen) atoms. The van der Waals surface area contributed by atoms with Gasteiger partial charge in [0.15, 0.2) is 6.61 Å². The minimum absolute atomic E-state index is 0.00987. The number of nitrogens with zero attached hydrogens (tertiary/aromatic N) is 3. The van der Waals surface area contributed by atoms with Gasteiger partial charge in [0.05, 0.1) is 4.92 Å². The number of hydrogen-bond acceptors (Lipinski definition) is 7. The standard InChI is InChI=1S/C11H10N4O4S/c1-7-4-8(2-3-9(7)15(17)18)19-5-10(16)13-11-14-12-6-20-11/h2-4,6H,5H2,1H3,(H,13,14,16). The second kappa shape index (κ2) is 6.06. The zero-order valence-electron chi connectivity index (χ0n) is 10.4. The van der Waals surface area contributed by atoms with Crippen LogP contribution in [0.5, 0.6) is 5.75 Å². The highest BCUT2D eigenvalue weighted by atomic mass is 32.1. The molecule has 2 aromatic rings. The lowest BCUT2D eigenvalue weighted by molar-refractivity contribution is -0.385. The van der Waals surface area contributed by atoms with E-state index in [0.29, 0.717) is 16.4 Å². The predicted octanol–water partition coefficient (Wildman–Crippen LogP) is 1.77. The molecule has 8 nitrogen and oxygen atoms in total. The van der Waals surface area contributed by atoms with Crippen molar-refractivity contribution >= 4 is 28.1 Å². The summed E-state index contributed by atoms with van der Waals surface area (Å²) in [5.41, 5.74) is 1.98. The number of nitro groups is 1. The van der Waals surface area contributed by atoms with Crippen molar-refractivity contribution in [3.63, 3.8) is 0 Å². The van der Waals surface area contributed by atoms with Crippen LogP contribution in [0.2, 0.25) is 0 Å². The molecular weight excluding hydrogens is 284 g/mol. The van der Waals surface area contributed by atoms with Gasteiger partial charge in [0.25, 0.3) is 11.6 Å². The van der Waals surface area contributed by atoms with Crippen molar-refractivity contribution in [1.82, 2.24) is 10.2 Å². The highest BCUT2D eigenvalue weighted by Crippen LogP contribution is 2.23. The van der Waals surface area contributed by atoms with Crippen molar-refractivity contribution in [1.29, 1.82) is 0 Å². The van der Waals surface area contributed by atoms with Crippen LogP contribution in [-0.4, -0.2) is 27.6 Å². The maximum absolute atomic E-state index is 11.5. The van der Waals surface area contributed by atoms with Crippen LogP contribution in [0.1, 0.15) is 5.56 Å². The van der Waals surface area contributed by atoms with E-state index < -0.39 is 4.92 Å². The molecule has 1 heterocycles. The molecule has 0 radical (unpaired) electrons. The van der Waals surface area contributed by atoms with Crippen LogP contribution in [0.15, 0.2) is 23.7 Å². The molecular formula is C11H10N4O4S. The van der Waals surface area contributed by atoms with E-state index >= 15 is 0 Å². The summed E-state index contributed by atoms with van der Waals surface area (Å²) in [5.74, 6) is 0.0123. The van der Waals surface area contributed by atoms with Crippen LogP contribution >= 0.6 is 11.3 Å². The highest BCUT2D eigenvalue weighted by molar-refractivity contribution is 7.13. The third kappa shape index (κ3) is 3.48. The Labute approximate surface area is 117 Å². The molecule has 0 saturated carbocycles. The number of carbonyl (C=O) groups excluding carboxylic acids is 1. The minimum Gasteiger partial charge on any atom is -0.484 e. The van der Waals surface area contributed by atoms with E-state index in [1.807, 2.05) is 0 Å². The predicted molar refractivity (Wildman–Crippen MR) is 71.9 cm³/mol. The molecule has 2 rings (SSSR count). The molecule has 0 bridgehead atoms. The Morgan fingerprint density at radius 1 is 1.55 bits per heavy atom. The smallest absolute Gasteiger partial charge is 0.272 e. The van der Waals surface area contributed by atoms with E-state index in [9.17, 15) is 14.9 Å². The van der Waals surface area contributed by atoms with Crippen LogP contribution < -0.4 is 10.1 Å². The van der Waals surface area contributed by atoms with E-state index in [0.717, 1.165) is 0 Å². The lowest BCUT2D eigenvalue weighted by Crippen LogP contribution is -2.20. The summed E-state index contributed by atoms with van der Waals surface area (Å²) in [6, 6.07) is 4.30. The third-order valence-electron chi connectivity index (χ3n) is 2.34. The van der Waals surface area contributed by atoms with Gasteiger partial charge in [-0.1, -0.05) is 11.3 Å². The summed E-state index contributed by atoms with van der Waals surface area (Å²) >= 11 is 1.20. The number of nitro benzene ring substituents is 1. The summed E-state index contributed by atoms with van der Waals surface area (Å²) in [4.78, 5) is 21.7. The summed E-state index contributed by atoms with van der Waals surface area (Å²) in [5, 5.41) is 20.8. The van der Waals surface area contributed by atoms with Crippen molar-refractivity contribution in [3.8, 4) is 5.75 Å². The largest absolute Gasteiger partial charge is 0.484 e. The van der Waals surface area contributed by atoms with Gasteiger partial charge in [0.2, 0.25) is 5.13 Å². The molecule has 0 atom stereocenters. The van der Waals surface area contributed by atoms with E-state index in [-0.39, 0.29) is 18.2 Å². The van der Waals surface area contributed by atoms with Crippen LogP contribution in [0, 0.1) is 17.0 Å². The van der Waals surface area contributed by atoms with E-state index in [4.69, 9.17) is 4.74 Å². The average Bonchev–Trinajstić information content (AvgIpc) is 2.89. The Morgan fingerprint density at radius 3 is 2.95 bits per heavy atom. The first kappa shape index (κ1) is 13.9. The quantitative estimate of drug-likeness (QED) is 0.665. The average molecular weight is 294 g/mol. The number of aromatic nitrogens is 2. The maximum atomic E-state index is 11.5. The number of anilines is 1. The molecule has 0 aliphatic carbocycles. The molecule has 0 unspecified atom stereocenters. The molecule has 0 spiro atoms. The Balaban J connectivity index is 1.92. The number of amides is 1. The second-order valence-electron chi connectivity index (χ2n) is 3.79. The second-order valence-corrected chi connectivity index (χ2v) is 4.62. The fourth-order valence-electron chi connectivity index (χ4n) is 1.45. The summed E-state index contributed by atoms with van der Waals surface area (Å²) in [7, 11) is 0. The number of nitrogens with one attached hydrogen (secondary N) is 1. The number of ether oxygens (including phenoxy) is 1. The molecule has 1 N–H and O–H groups in total. The summed E-state index contributed by atoms with van der Waals surface area (Å²) < 4.78 is 5.25. The minimum atomic E-state index is -0.471. The first-order chi connectivity index (χ1) is 9.56. The molecule has 0 saturated heterocycles. The molecule has 0 aliphatic heterocycles. The van der Waals surface area contributed by atoms with Gasteiger partial charge in [-0.2, -0.15) is 0 Å². The Morgan fingerprint density at radius 2 is 2.35 bits per heavy atom. The van der Waals surface area contributed by atoms with Gasteiger partial charge in [0.1, 0.15) is 11.3 Å². The Bertz CT molecular complexity index is 629. The third-order valence-corrected chi connectivity index (χ3v) is 2.95. The SMILES string of the molecule is Cc1cc(OCC(=O)Nc2nncs2)ccc1[N+](=O)[O-]. The van der Waals surface area contributed by atoms with Crippen LogP contribution in [-0.2, 0) is 4.79 Å². The fourth-order valence-corrected chi connectivity index (χ4v) is 1.92. The zero-order chi connectivity index (χ0) is 14.5. The van der Waals surface area contributed by atoms with Crippen molar-refractivity contribution < 1.29 is 14.5 Å². The van der Waals surface area contributed by atoms with Crippen molar-refractivity contribution in [2.45, 2.75) is 6.92 Å². The Kier molecular flexibility index (Phi) is 4.20. The Hall–Kier alpha value is -2.55. The molecule has 104 valence electrons. The van der Waals surface area contributed by atoms with E-state index in [1.54, 1.807) is 6.92 Å². The van der Waals surface area contributed by atoms with Crippen molar-refractivity contribution in [2.24, 2.45) is 0 Å². The summed E-state index contributed by atoms with van der Waals surface area (Å²) in [6.45, 7) is 1.39. The van der Waals surface area contributed by atoms with Crippen molar-refractivity contribution in [2.75, 3.05) is 11.9 Å². The number of aryl methyl sites for hydroxylation is 1. The van der Waals surface area contributed by atoms with Crippen LogP contribution in [0.25, 0.3) is 0 Å². The highest BCUT2D eigenvalue weighted by Gasteiger charge is 2.11. The fraction of sp³-hybridized carbons (Fsp3) is 0.182. The molecule has 0 fully saturated rings. The number of carbonyl (C=O) groups is 1. The number of hydrogen-bond donors (Lipinski definition) is 1. The van der Waals surface area contributed by atoms with Crippen LogP contribution in [0.3, 0.4) is 0 Å². The van der Waals surface area contributed by atoms with Crippen LogP contribution in [0.4, 0.5) is 10.8 Å². The normalized spacial score (nSPS) is 10.1. The summed E-state index contributed by atoms with van der Waals surface area (Å²) in [6.07, 6.45) is 0. The van der Waals surface area contributed by atoms with E-state index in [2.05, 4.69) is 15.5 Å². The van der Waals surface area contributed by atoms with Gasteiger partial charge in [-0.3, -0.25) is 20.2 Å². The van der Waals surface area contributed by atoms with Gasteiger partial charge in [-0.15, -0.1) is 10.2 Å². The van der Waals surface area contributed by atoms with Gasteiger partial charge in [0, 0.05) is 11.6 Å². The molecule has 1 aromatic carbocycles. The molecule has 1 amide bonds. The maximum Gasteiger partial charge on any atom is 0.272 e. The lowest BCUT2D eigenvalue weighted by atomic mass is 10.2. The molecule has 9 heteroatoms. The lowest BCUT2D eigenvalue weighted by Gasteiger charge is -2.06.